The number of ether oxygens (including phenoxy) is 1. The second-order valence-electron chi connectivity index (χ2n) is 7.66. The predicted molar refractivity (Wildman–Crippen MR) is 140 cm³/mol. The van der Waals surface area contributed by atoms with Gasteiger partial charge in [-0.15, -0.1) is 11.3 Å². The van der Waals surface area contributed by atoms with Gasteiger partial charge in [-0.25, -0.2) is 4.79 Å². The van der Waals surface area contributed by atoms with Gasteiger partial charge in [-0.2, -0.15) is 4.57 Å². The highest BCUT2D eigenvalue weighted by atomic mass is 35.5. The maximum atomic E-state index is 13.4. The molecule has 0 unspecified atom stereocenters. The number of carbonyl (C=O) groups is 1. The first-order valence-electron chi connectivity index (χ1n) is 10.7. The minimum atomic E-state index is -0.435. The molecule has 1 aliphatic heterocycles. The van der Waals surface area contributed by atoms with Gasteiger partial charge in [0, 0.05) is 23.5 Å². The van der Waals surface area contributed by atoms with Gasteiger partial charge >= 0.3 is 5.97 Å². The van der Waals surface area contributed by atoms with E-state index in [2.05, 4.69) is 0 Å². The molecule has 4 aromatic rings. The van der Waals surface area contributed by atoms with Crippen LogP contribution in [0.3, 0.4) is 0 Å². The van der Waals surface area contributed by atoms with Crippen LogP contribution in [-0.4, -0.2) is 24.7 Å². The highest BCUT2D eigenvalue weighted by Gasteiger charge is 2.25. The number of nitrogens with zero attached hydrogens (tertiary/aromatic N) is 3. The number of hydrogen-bond donors (Lipinski definition) is 0. The molecular formula is C24H21ClN3O4S3+. The number of thiazole rings is 2. The summed E-state index contributed by atoms with van der Waals surface area (Å²) in [6.07, 6.45) is 5.42. The molecule has 0 spiro atoms. The molecule has 11 heteroatoms. The van der Waals surface area contributed by atoms with Crippen molar-refractivity contribution in [2.45, 2.75) is 24.9 Å². The number of fused-ring (bicyclic) bond motifs is 1. The summed E-state index contributed by atoms with van der Waals surface area (Å²) in [5, 5.41) is 4.47. The molecule has 0 fully saturated rings. The van der Waals surface area contributed by atoms with E-state index in [-0.39, 0.29) is 5.56 Å². The Morgan fingerprint density at radius 3 is 2.91 bits per heavy atom. The molecular weight excluding hydrogens is 526 g/mol. The van der Waals surface area contributed by atoms with E-state index < -0.39 is 5.97 Å². The van der Waals surface area contributed by atoms with Crippen molar-refractivity contribution in [3.8, 4) is 0 Å². The lowest BCUT2D eigenvalue weighted by Crippen LogP contribution is -2.36. The summed E-state index contributed by atoms with van der Waals surface area (Å²) in [5.41, 5.74) is 1.42. The molecule has 0 bridgehead atoms. The number of furan rings is 1. The monoisotopic (exact) mass is 546 g/mol. The van der Waals surface area contributed by atoms with Gasteiger partial charge in [0.1, 0.15) is 19.8 Å². The molecule has 0 saturated carbocycles. The number of aromatic nitrogens is 2. The quantitative estimate of drug-likeness (QED) is 0.282. The first kappa shape index (κ1) is 23.9. The Kier molecular flexibility index (Phi) is 6.63. The van der Waals surface area contributed by atoms with Crippen LogP contribution >= 0.6 is 46.0 Å². The normalized spacial score (nSPS) is 15.1. The topological polar surface area (TPSA) is 68.6 Å². The lowest BCUT2D eigenvalue weighted by Gasteiger charge is -2.12. The smallest absolute Gasteiger partial charge is 0.341 e. The SMILES string of the molecule is CCn1c(=O)/c(=C2\Sc3cc(Cl)ccc3N2C)s/c1=C\c1scc[n+]1Cc1occc1C(=O)OC. The molecule has 35 heavy (non-hydrogen) atoms. The zero-order valence-corrected chi connectivity index (χ0v) is 22.3. The van der Waals surface area contributed by atoms with E-state index >= 15 is 0 Å². The molecule has 0 aliphatic carbocycles. The summed E-state index contributed by atoms with van der Waals surface area (Å²) >= 11 is 10.8. The van der Waals surface area contributed by atoms with Crippen LogP contribution in [0.25, 0.3) is 11.1 Å². The number of benzene rings is 1. The van der Waals surface area contributed by atoms with Crippen LogP contribution in [0.15, 0.2) is 56.2 Å². The Morgan fingerprint density at radius 1 is 1.31 bits per heavy atom. The van der Waals surface area contributed by atoms with Crippen molar-refractivity contribution in [2.75, 3.05) is 19.1 Å². The predicted octanol–water partition coefficient (Wildman–Crippen LogP) is 3.50. The minimum absolute atomic E-state index is 0.0147. The number of esters is 1. The number of carbonyl (C=O) groups excluding carboxylic acids is 1. The van der Waals surface area contributed by atoms with Gasteiger partial charge in [-0.1, -0.05) is 34.7 Å². The van der Waals surface area contributed by atoms with E-state index in [4.69, 9.17) is 20.8 Å². The molecule has 0 N–H and O–H groups in total. The second-order valence-corrected chi connectivity index (χ2v) is 11.1. The third-order valence-corrected chi connectivity index (χ3v) is 9.19. The molecule has 1 aliphatic rings. The average Bonchev–Trinajstić information content (AvgIpc) is 3.61. The molecule has 180 valence electrons. The summed E-state index contributed by atoms with van der Waals surface area (Å²) in [4.78, 5) is 28.5. The summed E-state index contributed by atoms with van der Waals surface area (Å²) in [6.45, 7) is 2.89. The fraction of sp³-hybridized carbons (Fsp3) is 0.208. The molecule has 7 nitrogen and oxygen atoms in total. The first-order valence-corrected chi connectivity index (χ1v) is 13.6. The van der Waals surface area contributed by atoms with Crippen molar-refractivity contribution in [1.29, 1.82) is 0 Å². The van der Waals surface area contributed by atoms with Gasteiger partial charge in [-0.3, -0.25) is 9.36 Å². The van der Waals surface area contributed by atoms with Crippen LogP contribution in [0.1, 0.15) is 28.0 Å². The number of rotatable bonds is 5. The van der Waals surface area contributed by atoms with Crippen molar-refractivity contribution in [1.82, 2.24) is 4.57 Å². The third kappa shape index (κ3) is 4.35. The number of anilines is 1. The van der Waals surface area contributed by atoms with Crippen LogP contribution in [0, 0.1) is 0 Å². The average molecular weight is 547 g/mol. The molecule has 0 amide bonds. The largest absolute Gasteiger partial charge is 0.465 e. The highest BCUT2D eigenvalue weighted by molar-refractivity contribution is 8.08. The molecule has 0 radical (unpaired) electrons. The van der Waals surface area contributed by atoms with Crippen molar-refractivity contribution in [3.05, 3.63) is 83.0 Å². The zero-order valence-electron chi connectivity index (χ0n) is 19.1. The summed E-state index contributed by atoms with van der Waals surface area (Å²) in [7, 11) is 3.32. The van der Waals surface area contributed by atoms with Crippen molar-refractivity contribution in [3.63, 3.8) is 0 Å². The van der Waals surface area contributed by atoms with Gasteiger partial charge < -0.3 is 14.1 Å². The first-order chi connectivity index (χ1) is 16.9. The van der Waals surface area contributed by atoms with Crippen molar-refractivity contribution >= 4 is 68.8 Å². The Hall–Kier alpha value is -2.79. The maximum Gasteiger partial charge on any atom is 0.341 e. The Morgan fingerprint density at radius 2 is 2.14 bits per heavy atom. The maximum absolute atomic E-state index is 13.4. The third-order valence-electron chi connectivity index (χ3n) is 5.64. The van der Waals surface area contributed by atoms with Gasteiger partial charge in [0.2, 0.25) is 6.54 Å². The van der Waals surface area contributed by atoms with Gasteiger partial charge in [0.15, 0.2) is 12.0 Å². The van der Waals surface area contributed by atoms with Crippen LogP contribution < -0.4 is 24.2 Å². The van der Waals surface area contributed by atoms with E-state index in [0.29, 0.717) is 34.0 Å². The standard InChI is InChI=1S/C24H21ClN3O4S3/c1-4-28-20(12-19-27(8-10-33-19)13-17-15(7-9-32-17)24(30)31-3)35-21(22(28)29)23-26(2)16-6-5-14(25)11-18(16)34-23/h5-12H,4,13H2,1-3H3/q+1/b23-21+. The minimum Gasteiger partial charge on any atom is -0.465 e. The van der Waals surface area contributed by atoms with Crippen LogP contribution in [0.2, 0.25) is 5.02 Å². The lowest BCUT2D eigenvalue weighted by atomic mass is 10.2. The molecule has 3 aromatic heterocycles. The van der Waals surface area contributed by atoms with Gasteiger partial charge in [-0.05, 0) is 31.2 Å². The van der Waals surface area contributed by atoms with Gasteiger partial charge in [0.05, 0.1) is 30.5 Å². The van der Waals surface area contributed by atoms with Crippen LogP contribution in [-0.2, 0) is 17.8 Å². The van der Waals surface area contributed by atoms with Crippen molar-refractivity contribution in [2.24, 2.45) is 0 Å². The Balaban J connectivity index is 1.58. The summed E-state index contributed by atoms with van der Waals surface area (Å²) in [6, 6.07) is 7.37. The fourth-order valence-corrected chi connectivity index (χ4v) is 7.46. The van der Waals surface area contributed by atoms with E-state index in [9.17, 15) is 9.59 Å². The van der Waals surface area contributed by atoms with Crippen molar-refractivity contribution < 1.29 is 18.5 Å². The molecule has 5 rings (SSSR count). The molecule has 0 saturated heterocycles. The van der Waals surface area contributed by atoms with E-state index in [0.717, 1.165) is 25.3 Å². The molecule has 1 aromatic carbocycles. The van der Waals surface area contributed by atoms with Crippen LogP contribution in [0.4, 0.5) is 5.69 Å². The number of halogens is 1. The summed E-state index contributed by atoms with van der Waals surface area (Å²) < 4.78 is 15.7. The second kappa shape index (κ2) is 9.69. The lowest BCUT2D eigenvalue weighted by molar-refractivity contribution is -0.686. The highest BCUT2D eigenvalue weighted by Crippen LogP contribution is 2.46. The zero-order chi connectivity index (χ0) is 24.7. The number of methoxy groups -OCH3 is 1. The number of hydrogen-bond acceptors (Lipinski definition) is 8. The Bertz CT molecular complexity index is 1620. The van der Waals surface area contributed by atoms with E-state index in [1.54, 1.807) is 33.7 Å². The molecule has 0 atom stereocenters. The van der Waals surface area contributed by atoms with Gasteiger partial charge in [0.25, 0.3) is 10.6 Å². The van der Waals surface area contributed by atoms with Crippen LogP contribution in [0.5, 0.6) is 0 Å². The summed E-state index contributed by atoms with van der Waals surface area (Å²) in [5.74, 6) is 0.0842. The van der Waals surface area contributed by atoms with E-state index in [1.807, 2.05) is 59.3 Å². The Labute approximate surface area is 218 Å². The van der Waals surface area contributed by atoms with E-state index in [1.165, 1.54) is 24.7 Å². The fourth-order valence-electron chi connectivity index (χ4n) is 3.87. The number of thioether (sulfide) groups is 1. The molecule has 4 heterocycles.